The maximum Gasteiger partial charge on any atom is 0.331 e. The van der Waals surface area contributed by atoms with Crippen LogP contribution in [0.3, 0.4) is 0 Å². The van der Waals surface area contributed by atoms with Crippen molar-refractivity contribution in [3.05, 3.63) is 83.1 Å². The number of barbiturate groups is 1. The van der Waals surface area contributed by atoms with E-state index in [4.69, 9.17) is 9.15 Å². The van der Waals surface area contributed by atoms with Gasteiger partial charge in [0.25, 0.3) is 11.8 Å². The lowest BCUT2D eigenvalue weighted by Crippen LogP contribution is -2.53. The highest BCUT2D eigenvalue weighted by molar-refractivity contribution is 6.30. The zero-order valence-corrected chi connectivity index (χ0v) is 17.8. The summed E-state index contributed by atoms with van der Waals surface area (Å²) in [6, 6.07) is 12.2. The fraction of sp³-hybridized carbons (Fsp3) is 0.208. The van der Waals surface area contributed by atoms with Gasteiger partial charge in [0.2, 0.25) is 0 Å². The van der Waals surface area contributed by atoms with E-state index in [9.17, 15) is 14.4 Å². The van der Waals surface area contributed by atoms with Crippen LogP contribution in [0.1, 0.15) is 22.6 Å². The standard InChI is InChI=1S/C24H23N3O5/c1-16-11-17(2)13-20(12-16)32-10-8-26-7-3-5-18(26)14-21-22(28)25-24(30)27(23(21)29)15-19-6-4-9-31-19/h3-7,9,11-14H,8,10,15H2,1-2H3,(H,25,28,30). The van der Waals surface area contributed by atoms with Gasteiger partial charge in [-0.15, -0.1) is 0 Å². The van der Waals surface area contributed by atoms with E-state index in [-0.39, 0.29) is 12.1 Å². The molecule has 0 saturated carbocycles. The van der Waals surface area contributed by atoms with Crippen LogP contribution < -0.4 is 10.1 Å². The molecule has 1 N–H and O–H groups in total. The molecule has 1 saturated heterocycles. The number of rotatable bonds is 7. The molecular weight excluding hydrogens is 410 g/mol. The molecule has 0 spiro atoms. The van der Waals surface area contributed by atoms with Gasteiger partial charge in [-0.1, -0.05) is 6.07 Å². The first kappa shape index (κ1) is 21.2. The lowest BCUT2D eigenvalue weighted by atomic mass is 10.1. The lowest BCUT2D eigenvalue weighted by molar-refractivity contribution is -0.130. The molecule has 1 aromatic carbocycles. The van der Waals surface area contributed by atoms with Gasteiger partial charge in [0.05, 0.1) is 19.4 Å². The van der Waals surface area contributed by atoms with Gasteiger partial charge >= 0.3 is 6.03 Å². The number of hydrogen-bond donors (Lipinski definition) is 1. The molecule has 1 fully saturated rings. The van der Waals surface area contributed by atoms with Crippen LogP contribution in [0, 0.1) is 13.8 Å². The second kappa shape index (κ2) is 8.97. The molecule has 2 aromatic heterocycles. The molecule has 3 aromatic rings. The summed E-state index contributed by atoms with van der Waals surface area (Å²) < 4.78 is 13.0. The summed E-state index contributed by atoms with van der Waals surface area (Å²) in [5.41, 5.74) is 2.79. The summed E-state index contributed by atoms with van der Waals surface area (Å²) in [6.07, 6.45) is 4.78. The van der Waals surface area contributed by atoms with Crippen molar-refractivity contribution in [1.29, 1.82) is 0 Å². The Hall–Kier alpha value is -4.07. The summed E-state index contributed by atoms with van der Waals surface area (Å²) in [6.45, 7) is 4.90. The van der Waals surface area contributed by atoms with E-state index in [1.165, 1.54) is 12.3 Å². The van der Waals surface area contributed by atoms with Crippen LogP contribution in [0.15, 0.2) is 64.9 Å². The SMILES string of the molecule is Cc1cc(C)cc(OCCn2cccc2C=C2C(=O)NC(=O)N(Cc3ccco3)C2=O)c1. The van der Waals surface area contributed by atoms with Crippen LogP contribution in [0.2, 0.25) is 0 Å². The van der Waals surface area contributed by atoms with Crippen molar-refractivity contribution in [2.24, 2.45) is 0 Å². The molecule has 3 heterocycles. The van der Waals surface area contributed by atoms with Gasteiger partial charge in [0.15, 0.2) is 0 Å². The molecule has 0 atom stereocenters. The number of nitrogens with one attached hydrogen (secondary N) is 1. The maximum absolute atomic E-state index is 12.9. The van der Waals surface area contributed by atoms with Crippen LogP contribution in [0.4, 0.5) is 4.79 Å². The molecule has 1 aliphatic heterocycles. The lowest BCUT2D eigenvalue weighted by Gasteiger charge is -2.25. The van der Waals surface area contributed by atoms with E-state index in [0.29, 0.717) is 24.6 Å². The third-order valence-corrected chi connectivity index (χ3v) is 5.03. The number of furan rings is 1. The molecule has 0 bridgehead atoms. The summed E-state index contributed by atoms with van der Waals surface area (Å²) in [7, 11) is 0. The average Bonchev–Trinajstić information content (AvgIpc) is 3.40. The number of carbonyl (C=O) groups is 3. The van der Waals surface area contributed by atoms with Crippen LogP contribution in [0.5, 0.6) is 5.75 Å². The first-order valence-corrected chi connectivity index (χ1v) is 10.2. The summed E-state index contributed by atoms with van der Waals surface area (Å²) in [4.78, 5) is 38.3. The predicted molar refractivity (Wildman–Crippen MR) is 117 cm³/mol. The first-order valence-electron chi connectivity index (χ1n) is 10.2. The third kappa shape index (κ3) is 4.64. The first-order chi connectivity index (χ1) is 15.4. The molecule has 164 valence electrons. The third-order valence-electron chi connectivity index (χ3n) is 5.03. The normalized spacial score (nSPS) is 15.4. The molecule has 1 aliphatic rings. The number of aryl methyl sites for hydroxylation is 2. The zero-order valence-electron chi connectivity index (χ0n) is 17.8. The molecule has 0 radical (unpaired) electrons. The fourth-order valence-corrected chi connectivity index (χ4v) is 3.58. The number of ether oxygens (including phenoxy) is 1. The molecule has 8 heteroatoms. The van der Waals surface area contributed by atoms with Crippen LogP contribution >= 0.6 is 0 Å². The van der Waals surface area contributed by atoms with Crippen molar-refractivity contribution in [2.45, 2.75) is 26.9 Å². The Morgan fingerprint density at radius 2 is 1.84 bits per heavy atom. The Kier molecular flexibility index (Phi) is 5.93. The molecular formula is C24H23N3O5. The maximum atomic E-state index is 12.9. The second-order valence-corrected chi connectivity index (χ2v) is 7.59. The quantitative estimate of drug-likeness (QED) is 0.455. The van der Waals surface area contributed by atoms with E-state index in [1.807, 2.05) is 42.8 Å². The van der Waals surface area contributed by atoms with Crippen LogP contribution in [-0.2, 0) is 22.7 Å². The van der Waals surface area contributed by atoms with Gasteiger partial charge in [-0.05, 0) is 67.4 Å². The Balaban J connectivity index is 1.48. The topological polar surface area (TPSA) is 93.8 Å². The van der Waals surface area contributed by atoms with Gasteiger partial charge in [0, 0.05) is 11.9 Å². The highest BCUT2D eigenvalue weighted by Crippen LogP contribution is 2.19. The largest absolute Gasteiger partial charge is 0.492 e. The van der Waals surface area contributed by atoms with E-state index >= 15 is 0 Å². The summed E-state index contributed by atoms with van der Waals surface area (Å²) in [5, 5.41) is 2.21. The molecule has 4 amide bonds. The van der Waals surface area contributed by atoms with Crippen molar-refractivity contribution >= 4 is 23.9 Å². The van der Waals surface area contributed by atoms with Crippen LogP contribution in [-0.4, -0.2) is 33.9 Å². The molecule has 8 nitrogen and oxygen atoms in total. The highest BCUT2D eigenvalue weighted by atomic mass is 16.5. The number of aromatic nitrogens is 1. The summed E-state index contributed by atoms with van der Waals surface area (Å²) >= 11 is 0. The van der Waals surface area contributed by atoms with Crippen molar-refractivity contribution in [2.75, 3.05) is 6.61 Å². The number of carbonyl (C=O) groups excluding carboxylic acids is 3. The minimum Gasteiger partial charge on any atom is -0.492 e. The molecule has 32 heavy (non-hydrogen) atoms. The minimum atomic E-state index is -0.772. The van der Waals surface area contributed by atoms with E-state index < -0.39 is 17.8 Å². The van der Waals surface area contributed by atoms with Crippen LogP contribution in [0.25, 0.3) is 6.08 Å². The summed E-state index contributed by atoms with van der Waals surface area (Å²) in [5.74, 6) is -0.165. The van der Waals surface area contributed by atoms with E-state index in [2.05, 4.69) is 11.4 Å². The Morgan fingerprint density at radius 3 is 2.56 bits per heavy atom. The van der Waals surface area contributed by atoms with Crippen molar-refractivity contribution in [3.8, 4) is 5.75 Å². The van der Waals surface area contributed by atoms with Gasteiger partial charge < -0.3 is 13.7 Å². The number of urea groups is 1. The van der Waals surface area contributed by atoms with Crippen molar-refractivity contribution in [3.63, 3.8) is 0 Å². The van der Waals surface area contributed by atoms with Crippen molar-refractivity contribution in [1.82, 2.24) is 14.8 Å². The fourth-order valence-electron chi connectivity index (χ4n) is 3.58. The predicted octanol–water partition coefficient (Wildman–Crippen LogP) is 3.44. The molecule has 4 rings (SSSR count). The van der Waals surface area contributed by atoms with Gasteiger partial charge in [-0.25, -0.2) is 4.79 Å². The Bertz CT molecular complexity index is 1170. The number of nitrogens with zero attached hydrogens (tertiary/aromatic N) is 2. The molecule has 0 aliphatic carbocycles. The van der Waals surface area contributed by atoms with Gasteiger partial charge in [0.1, 0.15) is 23.7 Å². The number of amides is 4. The number of imide groups is 2. The average molecular weight is 433 g/mol. The second-order valence-electron chi connectivity index (χ2n) is 7.59. The Morgan fingerprint density at radius 1 is 1.06 bits per heavy atom. The minimum absolute atomic E-state index is 0.0625. The highest BCUT2D eigenvalue weighted by Gasteiger charge is 2.36. The Labute approximate surface area is 185 Å². The zero-order chi connectivity index (χ0) is 22.7. The van der Waals surface area contributed by atoms with E-state index in [1.54, 1.807) is 18.2 Å². The van der Waals surface area contributed by atoms with Gasteiger partial charge in [-0.3, -0.25) is 19.8 Å². The smallest absolute Gasteiger partial charge is 0.331 e. The molecule has 0 unspecified atom stereocenters. The van der Waals surface area contributed by atoms with E-state index in [0.717, 1.165) is 21.8 Å². The number of benzene rings is 1. The van der Waals surface area contributed by atoms with Gasteiger partial charge in [-0.2, -0.15) is 0 Å². The number of hydrogen-bond acceptors (Lipinski definition) is 5. The van der Waals surface area contributed by atoms with Crippen molar-refractivity contribution < 1.29 is 23.5 Å². The monoisotopic (exact) mass is 433 g/mol.